The highest BCUT2D eigenvalue weighted by Gasteiger charge is 2.13. The zero-order valence-electron chi connectivity index (χ0n) is 18.2. The Morgan fingerprint density at radius 1 is 0.968 bits per heavy atom. The van der Waals surface area contributed by atoms with Gasteiger partial charge in [0.1, 0.15) is 5.75 Å². The zero-order valence-corrected chi connectivity index (χ0v) is 18.2. The van der Waals surface area contributed by atoms with E-state index in [1.807, 2.05) is 56.3 Å². The van der Waals surface area contributed by atoms with Crippen LogP contribution in [0.25, 0.3) is 33.3 Å². The van der Waals surface area contributed by atoms with E-state index >= 15 is 0 Å². The van der Waals surface area contributed by atoms with Crippen molar-refractivity contribution in [2.45, 2.75) is 27.2 Å². The van der Waals surface area contributed by atoms with Crippen LogP contribution in [0.4, 0.5) is 0 Å². The summed E-state index contributed by atoms with van der Waals surface area (Å²) in [4.78, 5) is 12.3. The van der Waals surface area contributed by atoms with Gasteiger partial charge < -0.3 is 10.1 Å². The van der Waals surface area contributed by atoms with Crippen LogP contribution in [-0.2, 0) is 6.42 Å². The fourth-order valence-electron chi connectivity index (χ4n) is 3.84. The van der Waals surface area contributed by atoms with Crippen LogP contribution in [0.5, 0.6) is 5.75 Å². The zero-order chi connectivity index (χ0) is 21.8. The lowest BCUT2D eigenvalue weighted by Crippen LogP contribution is -2.22. The monoisotopic (exact) mass is 413 g/mol. The minimum atomic E-state index is -0.0493. The Bertz CT molecular complexity index is 1210. The van der Waals surface area contributed by atoms with Gasteiger partial charge in [-0.2, -0.15) is 5.10 Å². The van der Waals surface area contributed by atoms with Crippen LogP contribution >= 0.6 is 0 Å². The van der Waals surface area contributed by atoms with E-state index in [9.17, 15) is 4.79 Å². The molecule has 158 valence electrons. The Balaban J connectivity index is 1.72. The number of hydrogen-bond donors (Lipinski definition) is 2. The number of fused-ring (bicyclic) bond motifs is 1. The molecule has 0 unspecified atom stereocenters. The molecular weight excluding hydrogens is 386 g/mol. The normalized spacial score (nSPS) is 10.9. The highest BCUT2D eigenvalue weighted by Crippen LogP contribution is 2.32. The Morgan fingerprint density at radius 2 is 1.74 bits per heavy atom. The van der Waals surface area contributed by atoms with Gasteiger partial charge in [0.05, 0.1) is 17.8 Å². The van der Waals surface area contributed by atoms with Crippen LogP contribution in [0.1, 0.15) is 36.7 Å². The summed E-state index contributed by atoms with van der Waals surface area (Å²) in [5, 5.41) is 11.7. The number of aromatic nitrogens is 2. The van der Waals surface area contributed by atoms with E-state index in [2.05, 4.69) is 40.6 Å². The van der Waals surface area contributed by atoms with Gasteiger partial charge in [-0.25, -0.2) is 0 Å². The molecule has 3 aromatic carbocycles. The van der Waals surface area contributed by atoms with Crippen LogP contribution in [-0.4, -0.2) is 29.3 Å². The van der Waals surface area contributed by atoms with E-state index in [1.165, 1.54) is 5.56 Å². The molecule has 0 aliphatic carbocycles. The maximum Gasteiger partial charge on any atom is 0.251 e. The molecule has 1 heterocycles. The van der Waals surface area contributed by atoms with Gasteiger partial charge in [-0.15, -0.1) is 0 Å². The van der Waals surface area contributed by atoms with Gasteiger partial charge in [0.2, 0.25) is 0 Å². The van der Waals surface area contributed by atoms with Crippen LogP contribution in [0.2, 0.25) is 0 Å². The Morgan fingerprint density at radius 3 is 2.45 bits per heavy atom. The molecule has 0 spiro atoms. The predicted molar refractivity (Wildman–Crippen MR) is 126 cm³/mol. The molecule has 2 N–H and O–H groups in total. The summed E-state index contributed by atoms with van der Waals surface area (Å²) >= 11 is 0. The average Bonchev–Trinajstić information content (AvgIpc) is 3.23. The second-order valence-corrected chi connectivity index (χ2v) is 7.37. The number of hydrogen-bond acceptors (Lipinski definition) is 3. The molecule has 4 rings (SSSR count). The second-order valence-electron chi connectivity index (χ2n) is 7.37. The van der Waals surface area contributed by atoms with E-state index in [4.69, 9.17) is 4.74 Å². The Hall–Kier alpha value is -3.60. The van der Waals surface area contributed by atoms with Crippen molar-refractivity contribution in [1.82, 2.24) is 15.5 Å². The molecule has 1 aromatic heterocycles. The van der Waals surface area contributed by atoms with E-state index in [1.54, 1.807) is 0 Å². The molecule has 0 aliphatic heterocycles. The summed E-state index contributed by atoms with van der Waals surface area (Å²) in [7, 11) is 0. The first-order valence-corrected chi connectivity index (χ1v) is 10.8. The third-order valence-electron chi connectivity index (χ3n) is 5.40. The lowest BCUT2D eigenvalue weighted by molar-refractivity contribution is 0.0956. The number of carbonyl (C=O) groups is 1. The molecule has 0 radical (unpaired) electrons. The minimum Gasteiger partial charge on any atom is -0.494 e. The number of aromatic amines is 1. The summed E-state index contributed by atoms with van der Waals surface area (Å²) in [6, 6.07) is 20.2. The number of H-pyrrole nitrogens is 1. The summed E-state index contributed by atoms with van der Waals surface area (Å²) in [5.41, 5.74) is 6.94. The van der Waals surface area contributed by atoms with Gasteiger partial charge >= 0.3 is 0 Å². The summed E-state index contributed by atoms with van der Waals surface area (Å²) in [6.45, 7) is 7.28. The first-order chi connectivity index (χ1) is 15.1. The first-order valence-electron chi connectivity index (χ1n) is 10.8. The summed E-state index contributed by atoms with van der Waals surface area (Å²) in [6.07, 6.45) is 0.892. The quantitative estimate of drug-likeness (QED) is 0.414. The molecule has 0 bridgehead atoms. The summed E-state index contributed by atoms with van der Waals surface area (Å²) < 4.78 is 5.54. The molecule has 0 saturated carbocycles. The smallest absolute Gasteiger partial charge is 0.251 e. The van der Waals surface area contributed by atoms with Crippen molar-refractivity contribution < 1.29 is 9.53 Å². The molecule has 0 aliphatic rings. The number of carbonyl (C=O) groups excluding carboxylic acids is 1. The molecule has 0 fully saturated rings. The second kappa shape index (κ2) is 9.04. The molecular formula is C26H27N3O2. The number of nitrogens with one attached hydrogen (secondary N) is 2. The summed E-state index contributed by atoms with van der Waals surface area (Å²) in [5.74, 6) is 0.805. The first kappa shape index (κ1) is 20.7. The average molecular weight is 414 g/mol. The molecule has 0 atom stereocenters. The standard InChI is InChI=1S/C26H27N3O2/c1-4-17-7-8-20(26(30)27-5-2)15-23(17)19-11-14-22-24(16-19)28-29-25(22)18-9-12-21(13-10-18)31-6-3/h7-16H,4-6H2,1-3H3,(H,27,30)(H,28,29). The van der Waals surface area contributed by atoms with E-state index < -0.39 is 0 Å². The van der Waals surface area contributed by atoms with Crippen LogP contribution in [0.3, 0.4) is 0 Å². The van der Waals surface area contributed by atoms with Gasteiger partial charge in [-0.05, 0) is 85.5 Å². The predicted octanol–water partition coefficient (Wildman–Crippen LogP) is 5.61. The molecule has 4 aromatic rings. The number of rotatable bonds is 7. The molecule has 0 saturated heterocycles. The van der Waals surface area contributed by atoms with Crippen molar-refractivity contribution >= 4 is 16.8 Å². The number of amides is 1. The largest absolute Gasteiger partial charge is 0.494 e. The van der Waals surface area contributed by atoms with Crippen molar-refractivity contribution in [2.24, 2.45) is 0 Å². The number of aryl methyl sites for hydroxylation is 1. The van der Waals surface area contributed by atoms with Crippen LogP contribution < -0.4 is 10.1 Å². The van der Waals surface area contributed by atoms with E-state index in [0.29, 0.717) is 18.7 Å². The van der Waals surface area contributed by atoms with E-state index in [-0.39, 0.29) is 5.91 Å². The maximum atomic E-state index is 12.3. The highest BCUT2D eigenvalue weighted by molar-refractivity contribution is 5.98. The lowest BCUT2D eigenvalue weighted by atomic mass is 9.94. The van der Waals surface area contributed by atoms with Gasteiger partial charge in [-0.1, -0.05) is 19.1 Å². The van der Waals surface area contributed by atoms with Gasteiger partial charge in [0.25, 0.3) is 5.91 Å². The fourth-order valence-corrected chi connectivity index (χ4v) is 3.84. The topological polar surface area (TPSA) is 67.0 Å². The molecule has 5 heteroatoms. The van der Waals surface area contributed by atoms with Gasteiger partial charge in [-0.3, -0.25) is 9.89 Å². The van der Waals surface area contributed by atoms with Gasteiger partial charge in [0, 0.05) is 23.1 Å². The lowest BCUT2D eigenvalue weighted by Gasteiger charge is -2.11. The van der Waals surface area contributed by atoms with Crippen LogP contribution in [0.15, 0.2) is 60.7 Å². The maximum absolute atomic E-state index is 12.3. The number of benzene rings is 3. The Kier molecular flexibility index (Phi) is 6.03. The number of ether oxygens (including phenoxy) is 1. The fraction of sp³-hybridized carbons (Fsp3) is 0.231. The van der Waals surface area contributed by atoms with Crippen molar-refractivity contribution in [2.75, 3.05) is 13.2 Å². The van der Waals surface area contributed by atoms with E-state index in [0.717, 1.165) is 45.5 Å². The molecule has 1 amide bonds. The molecule has 5 nitrogen and oxygen atoms in total. The Labute approximate surface area is 182 Å². The third kappa shape index (κ3) is 4.17. The van der Waals surface area contributed by atoms with Gasteiger partial charge in [0.15, 0.2) is 0 Å². The minimum absolute atomic E-state index is 0.0493. The van der Waals surface area contributed by atoms with Crippen molar-refractivity contribution in [3.05, 3.63) is 71.8 Å². The van der Waals surface area contributed by atoms with Crippen molar-refractivity contribution in [1.29, 1.82) is 0 Å². The third-order valence-corrected chi connectivity index (χ3v) is 5.40. The molecule has 31 heavy (non-hydrogen) atoms. The highest BCUT2D eigenvalue weighted by atomic mass is 16.5. The van der Waals surface area contributed by atoms with Crippen LogP contribution in [0, 0.1) is 0 Å². The van der Waals surface area contributed by atoms with Crippen molar-refractivity contribution in [3.63, 3.8) is 0 Å². The SMILES string of the molecule is CCNC(=O)c1ccc(CC)c(-c2ccc3c(-c4ccc(OCC)cc4)n[nH]c3c2)c1. The number of nitrogens with zero attached hydrogens (tertiary/aromatic N) is 1. The van der Waals surface area contributed by atoms with Crippen molar-refractivity contribution in [3.8, 4) is 28.1 Å².